The Morgan fingerprint density at radius 2 is 0.643 bits per heavy atom. The molecule has 0 saturated heterocycles. The van der Waals surface area contributed by atoms with Crippen LogP contribution in [-0.2, 0) is 0 Å². The maximum absolute atomic E-state index is 2.56. The Bertz CT molecular complexity index is 133. The SMILES string of the molecule is CC(C)(C)N(C(C)(C)C)C(C)(C)C.O. The highest BCUT2D eigenvalue weighted by molar-refractivity contribution is 4.94. The second-order valence-corrected chi connectivity index (χ2v) is 6.85. The number of nitrogens with zero attached hydrogens (tertiary/aromatic N) is 1. The molecule has 2 N–H and O–H groups in total. The molecule has 0 saturated carbocycles. The average Bonchev–Trinajstić information content (AvgIpc) is 1.44. The van der Waals surface area contributed by atoms with Gasteiger partial charge in [-0.1, -0.05) is 0 Å². The third-order valence-electron chi connectivity index (χ3n) is 2.01. The van der Waals surface area contributed by atoms with E-state index in [2.05, 4.69) is 67.2 Å². The Kier molecular flexibility index (Phi) is 4.90. The molecule has 0 amide bonds. The zero-order chi connectivity index (χ0) is 11.1. The molecule has 2 nitrogen and oxygen atoms in total. The van der Waals surface area contributed by atoms with Crippen molar-refractivity contribution in [1.29, 1.82) is 0 Å². The summed E-state index contributed by atoms with van der Waals surface area (Å²) in [6.45, 7) is 20.5. The Balaban J connectivity index is 0. The third-order valence-corrected chi connectivity index (χ3v) is 2.01. The highest BCUT2D eigenvalue weighted by atomic mass is 16.0. The molecule has 0 atom stereocenters. The van der Waals surface area contributed by atoms with E-state index >= 15 is 0 Å². The zero-order valence-corrected chi connectivity index (χ0v) is 11.4. The van der Waals surface area contributed by atoms with Gasteiger partial charge < -0.3 is 5.48 Å². The summed E-state index contributed by atoms with van der Waals surface area (Å²) in [6, 6.07) is 0. The lowest BCUT2D eigenvalue weighted by Gasteiger charge is -2.53. The van der Waals surface area contributed by atoms with Gasteiger partial charge in [0.15, 0.2) is 0 Å². The predicted molar refractivity (Wildman–Crippen MR) is 64.7 cm³/mol. The van der Waals surface area contributed by atoms with Crippen LogP contribution in [-0.4, -0.2) is 27.0 Å². The second-order valence-electron chi connectivity index (χ2n) is 6.85. The minimum Gasteiger partial charge on any atom is -0.412 e. The molecule has 0 fully saturated rings. The van der Waals surface area contributed by atoms with Crippen molar-refractivity contribution in [3.8, 4) is 0 Å². The Morgan fingerprint density at radius 3 is 0.643 bits per heavy atom. The van der Waals surface area contributed by atoms with Gasteiger partial charge in [0.05, 0.1) is 0 Å². The van der Waals surface area contributed by atoms with E-state index in [0.29, 0.717) is 0 Å². The number of rotatable bonds is 0. The fourth-order valence-corrected chi connectivity index (χ4v) is 3.02. The van der Waals surface area contributed by atoms with Crippen molar-refractivity contribution in [1.82, 2.24) is 4.90 Å². The van der Waals surface area contributed by atoms with E-state index in [1.54, 1.807) is 0 Å². The van der Waals surface area contributed by atoms with E-state index in [1.165, 1.54) is 0 Å². The number of hydrogen-bond acceptors (Lipinski definition) is 1. The van der Waals surface area contributed by atoms with Crippen LogP contribution >= 0.6 is 0 Å². The van der Waals surface area contributed by atoms with Gasteiger partial charge in [0.2, 0.25) is 0 Å². The van der Waals surface area contributed by atoms with E-state index in [9.17, 15) is 0 Å². The first-order valence-corrected chi connectivity index (χ1v) is 5.17. The first-order valence-electron chi connectivity index (χ1n) is 5.17. The summed E-state index contributed by atoms with van der Waals surface area (Å²) in [4.78, 5) is 2.56. The van der Waals surface area contributed by atoms with Crippen molar-refractivity contribution in [2.75, 3.05) is 0 Å². The van der Waals surface area contributed by atoms with Crippen LogP contribution in [0.2, 0.25) is 0 Å². The van der Waals surface area contributed by atoms with Crippen LogP contribution in [0.1, 0.15) is 62.3 Å². The van der Waals surface area contributed by atoms with Crippen LogP contribution in [0.3, 0.4) is 0 Å². The minimum absolute atomic E-state index is 0. The standard InChI is InChI=1S/C12H27N.H2O/c1-10(2,3)13(11(4,5)6)12(7,8)9;/h1-9H3;1H2. The van der Waals surface area contributed by atoms with Crippen molar-refractivity contribution in [2.24, 2.45) is 0 Å². The Morgan fingerprint density at radius 1 is 0.500 bits per heavy atom. The monoisotopic (exact) mass is 203 g/mol. The van der Waals surface area contributed by atoms with Gasteiger partial charge in [0, 0.05) is 16.6 Å². The normalized spacial score (nSPS) is 14.1. The highest BCUT2D eigenvalue weighted by Crippen LogP contribution is 2.32. The van der Waals surface area contributed by atoms with E-state index in [-0.39, 0.29) is 22.1 Å². The first-order chi connectivity index (χ1) is 5.37. The summed E-state index contributed by atoms with van der Waals surface area (Å²) in [7, 11) is 0. The van der Waals surface area contributed by atoms with Gasteiger partial charge >= 0.3 is 0 Å². The maximum atomic E-state index is 2.56. The van der Waals surface area contributed by atoms with Crippen LogP contribution in [0, 0.1) is 0 Å². The molecular formula is C12H29NO. The smallest absolute Gasteiger partial charge is 0.0135 e. The highest BCUT2D eigenvalue weighted by Gasteiger charge is 2.38. The molecule has 0 unspecified atom stereocenters. The lowest BCUT2D eigenvalue weighted by atomic mass is 9.88. The van der Waals surface area contributed by atoms with Gasteiger partial charge in [-0.05, 0) is 62.3 Å². The zero-order valence-electron chi connectivity index (χ0n) is 11.4. The summed E-state index contributed by atoms with van der Waals surface area (Å²) < 4.78 is 0. The lowest BCUT2D eigenvalue weighted by Crippen LogP contribution is -2.60. The van der Waals surface area contributed by atoms with Crippen molar-refractivity contribution in [3.05, 3.63) is 0 Å². The van der Waals surface area contributed by atoms with Gasteiger partial charge in [-0.2, -0.15) is 0 Å². The van der Waals surface area contributed by atoms with Crippen LogP contribution in [0.5, 0.6) is 0 Å². The fourth-order valence-electron chi connectivity index (χ4n) is 3.02. The van der Waals surface area contributed by atoms with Crippen LogP contribution in [0.15, 0.2) is 0 Å². The van der Waals surface area contributed by atoms with Crippen LogP contribution in [0.4, 0.5) is 0 Å². The van der Waals surface area contributed by atoms with Gasteiger partial charge in [-0.15, -0.1) is 0 Å². The van der Waals surface area contributed by atoms with Crippen molar-refractivity contribution >= 4 is 0 Å². The van der Waals surface area contributed by atoms with Crippen molar-refractivity contribution in [3.63, 3.8) is 0 Å². The molecule has 0 aromatic carbocycles. The summed E-state index contributed by atoms with van der Waals surface area (Å²) in [6.07, 6.45) is 0. The molecule has 0 bridgehead atoms. The molecular weight excluding hydrogens is 174 g/mol. The van der Waals surface area contributed by atoms with E-state index in [1.807, 2.05) is 0 Å². The van der Waals surface area contributed by atoms with Crippen LogP contribution < -0.4 is 0 Å². The first kappa shape index (κ1) is 16.4. The van der Waals surface area contributed by atoms with Gasteiger partial charge in [-0.25, -0.2) is 0 Å². The minimum atomic E-state index is 0. The van der Waals surface area contributed by atoms with Gasteiger partial charge in [0.25, 0.3) is 0 Å². The topological polar surface area (TPSA) is 34.7 Å². The van der Waals surface area contributed by atoms with Gasteiger partial charge in [0.1, 0.15) is 0 Å². The predicted octanol–water partition coefficient (Wildman–Crippen LogP) is 2.86. The largest absolute Gasteiger partial charge is 0.412 e. The Hall–Kier alpha value is -0.0800. The number of hydrogen-bond donors (Lipinski definition) is 0. The molecule has 0 aromatic rings. The molecule has 0 spiro atoms. The molecule has 0 aliphatic rings. The van der Waals surface area contributed by atoms with E-state index in [4.69, 9.17) is 0 Å². The van der Waals surface area contributed by atoms with Crippen molar-refractivity contribution < 1.29 is 5.48 Å². The molecule has 0 radical (unpaired) electrons. The Labute approximate surface area is 90.0 Å². The summed E-state index contributed by atoms with van der Waals surface area (Å²) in [5.41, 5.74) is 0.656. The molecule has 88 valence electrons. The summed E-state index contributed by atoms with van der Waals surface area (Å²) in [5.74, 6) is 0. The van der Waals surface area contributed by atoms with Crippen LogP contribution in [0.25, 0.3) is 0 Å². The fraction of sp³-hybridized carbons (Fsp3) is 1.00. The average molecular weight is 203 g/mol. The summed E-state index contributed by atoms with van der Waals surface area (Å²) in [5, 5.41) is 0. The molecule has 2 heteroatoms. The second kappa shape index (κ2) is 4.19. The van der Waals surface area contributed by atoms with E-state index < -0.39 is 0 Å². The van der Waals surface area contributed by atoms with E-state index in [0.717, 1.165) is 0 Å². The maximum Gasteiger partial charge on any atom is 0.0135 e. The molecule has 0 aliphatic heterocycles. The summed E-state index contributed by atoms with van der Waals surface area (Å²) >= 11 is 0. The molecule has 0 aromatic heterocycles. The molecule has 0 aliphatic carbocycles. The molecule has 0 rings (SSSR count). The lowest BCUT2D eigenvalue weighted by molar-refractivity contribution is -0.0402. The quantitative estimate of drug-likeness (QED) is 0.596. The van der Waals surface area contributed by atoms with Gasteiger partial charge in [-0.3, -0.25) is 4.90 Å². The molecule has 0 heterocycles. The molecule has 14 heavy (non-hydrogen) atoms. The van der Waals surface area contributed by atoms with Crippen molar-refractivity contribution in [2.45, 2.75) is 78.9 Å². The third kappa shape index (κ3) is 4.43.